The van der Waals surface area contributed by atoms with Crippen LogP contribution in [0.5, 0.6) is 0 Å². The van der Waals surface area contributed by atoms with E-state index in [0.29, 0.717) is 6.42 Å². The van der Waals surface area contributed by atoms with Gasteiger partial charge >= 0.3 is 0 Å². The minimum atomic E-state index is 0. The molecule has 0 aromatic carbocycles. The lowest BCUT2D eigenvalue weighted by atomic mass is 9.99. The van der Waals surface area contributed by atoms with Gasteiger partial charge in [-0.15, -0.1) is 0 Å². The molecule has 0 saturated carbocycles. The summed E-state index contributed by atoms with van der Waals surface area (Å²) < 4.78 is 0. The van der Waals surface area contributed by atoms with Crippen LogP contribution in [0.1, 0.15) is 259 Å². The maximum Gasteiger partial charge on any atom is 0.245 e. The molecule has 0 spiro atoms. The summed E-state index contributed by atoms with van der Waals surface area (Å²) in [5, 5.41) is 1.32. The van der Waals surface area contributed by atoms with Crippen LogP contribution in [-0.2, 0) is 9.63 Å². The molecular formula is C54H106N2O2. The number of carbonyl (C=O) groups excluding carboxylic acids is 1. The lowest BCUT2D eigenvalue weighted by Gasteiger charge is -2.24. The van der Waals surface area contributed by atoms with Crippen molar-refractivity contribution in [1.82, 2.24) is 9.96 Å². The fourth-order valence-electron chi connectivity index (χ4n) is 7.24. The van der Waals surface area contributed by atoms with Crippen LogP contribution >= 0.6 is 0 Å². The zero-order valence-corrected chi connectivity index (χ0v) is 39.9. The van der Waals surface area contributed by atoms with Gasteiger partial charge in [-0.1, -0.05) is 218 Å². The molecule has 1 unspecified atom stereocenters. The Labute approximate surface area is 366 Å². The SMILES string of the molecule is C.CCCCC/C=C\C/C=C\CCCCCCCCCC(=O)N(C)OC.CCCCC/C=C\C/C=C\CCCCCCCCCC(CCCCCCCCC)N(C)C. The first-order valence-corrected chi connectivity index (χ1v) is 25.0. The minimum Gasteiger partial charge on any atom is -0.306 e. The average Bonchev–Trinajstić information content (AvgIpc) is 3.21. The molecule has 0 N–H and O–H groups in total. The fraction of sp³-hybridized carbons (Fsp3) is 0.833. The summed E-state index contributed by atoms with van der Waals surface area (Å²) >= 11 is 0. The number of hydrogen-bond acceptors (Lipinski definition) is 3. The highest BCUT2D eigenvalue weighted by atomic mass is 16.7. The van der Waals surface area contributed by atoms with Crippen LogP contribution in [0.3, 0.4) is 0 Å². The molecule has 1 atom stereocenters. The molecule has 4 nitrogen and oxygen atoms in total. The van der Waals surface area contributed by atoms with Gasteiger partial charge in [0.2, 0.25) is 5.91 Å². The molecule has 0 aliphatic heterocycles. The van der Waals surface area contributed by atoms with E-state index in [2.05, 4.69) is 88.4 Å². The molecule has 0 aliphatic carbocycles. The fourth-order valence-corrected chi connectivity index (χ4v) is 7.24. The van der Waals surface area contributed by atoms with E-state index in [1.807, 2.05) is 0 Å². The van der Waals surface area contributed by atoms with Crippen LogP contribution in [0.4, 0.5) is 0 Å². The van der Waals surface area contributed by atoms with Gasteiger partial charge in [-0.25, -0.2) is 5.06 Å². The second-order valence-electron chi connectivity index (χ2n) is 17.0. The number of hydroxylamine groups is 2. The van der Waals surface area contributed by atoms with Crippen LogP contribution in [0.15, 0.2) is 48.6 Å². The topological polar surface area (TPSA) is 32.8 Å². The van der Waals surface area contributed by atoms with Crippen molar-refractivity contribution in [3.8, 4) is 0 Å². The first-order chi connectivity index (χ1) is 27.9. The lowest BCUT2D eigenvalue weighted by molar-refractivity contribution is -0.168. The molecule has 0 rings (SSSR count). The number of rotatable bonds is 42. The quantitative estimate of drug-likeness (QED) is 0.0350. The van der Waals surface area contributed by atoms with Crippen molar-refractivity contribution in [1.29, 1.82) is 0 Å². The van der Waals surface area contributed by atoms with Crippen molar-refractivity contribution in [2.24, 2.45) is 0 Å². The van der Waals surface area contributed by atoms with Crippen molar-refractivity contribution in [3.05, 3.63) is 48.6 Å². The molecule has 344 valence electrons. The Morgan fingerprint density at radius 1 is 0.431 bits per heavy atom. The van der Waals surface area contributed by atoms with Crippen LogP contribution in [0.2, 0.25) is 0 Å². The normalized spacial score (nSPS) is 12.3. The molecule has 0 aliphatic rings. The van der Waals surface area contributed by atoms with Gasteiger partial charge in [0, 0.05) is 19.5 Å². The summed E-state index contributed by atoms with van der Waals surface area (Å²) in [6.45, 7) is 6.82. The lowest BCUT2D eigenvalue weighted by Crippen LogP contribution is -2.27. The Hall–Kier alpha value is -1.65. The van der Waals surface area contributed by atoms with Gasteiger partial charge in [0.25, 0.3) is 0 Å². The van der Waals surface area contributed by atoms with E-state index in [0.717, 1.165) is 31.7 Å². The second-order valence-corrected chi connectivity index (χ2v) is 17.0. The Morgan fingerprint density at radius 3 is 1.07 bits per heavy atom. The van der Waals surface area contributed by atoms with Crippen LogP contribution in [0, 0.1) is 0 Å². The van der Waals surface area contributed by atoms with Gasteiger partial charge in [0.1, 0.15) is 0 Å². The monoisotopic (exact) mass is 815 g/mol. The molecule has 0 aromatic rings. The molecule has 1 amide bonds. The second kappa shape index (κ2) is 53.4. The summed E-state index contributed by atoms with van der Waals surface area (Å²) in [7, 11) is 7.76. The van der Waals surface area contributed by atoms with Crippen molar-refractivity contribution >= 4 is 5.91 Å². The summed E-state index contributed by atoms with van der Waals surface area (Å²) in [6, 6.07) is 0.809. The standard InChI is InChI=1S/C31H61N.C22H41NO2.CH4/c1-5-7-9-11-13-14-15-16-17-18-19-20-21-22-24-26-28-30-31(32(3)4)29-27-25-23-12-10-8-6-2;1-4-5-6-7-8-9-10-11-12-13-14-15-16-17-18-19-20-21-22(24)23(2)25-3;/h13-14,16-17,31H,5-12,15,18-30H2,1-4H3;8-9,11-12H,4-7,10,13-21H2,1-3H3;1H4/b14-13-,17-16-;9-8-,12-11-;. The van der Waals surface area contributed by atoms with Crippen LogP contribution < -0.4 is 0 Å². The molecule has 4 heteroatoms. The van der Waals surface area contributed by atoms with Gasteiger partial charge in [0.05, 0.1) is 7.11 Å². The van der Waals surface area contributed by atoms with Gasteiger partial charge < -0.3 is 4.90 Å². The zero-order chi connectivity index (χ0) is 42.1. The maximum absolute atomic E-state index is 11.5. The third-order valence-electron chi connectivity index (χ3n) is 11.3. The van der Waals surface area contributed by atoms with E-state index < -0.39 is 0 Å². The molecule has 0 saturated heterocycles. The summed E-state index contributed by atoms with van der Waals surface area (Å²) in [5.41, 5.74) is 0. The molecule has 0 bridgehead atoms. The molecule has 0 radical (unpaired) electrons. The van der Waals surface area contributed by atoms with Gasteiger partial charge in [-0.2, -0.15) is 0 Å². The number of amides is 1. The molecule has 58 heavy (non-hydrogen) atoms. The summed E-state index contributed by atoms with van der Waals surface area (Å²) in [6.07, 6.45) is 65.8. The Bertz CT molecular complexity index is 891. The van der Waals surface area contributed by atoms with E-state index in [9.17, 15) is 4.79 Å². The van der Waals surface area contributed by atoms with Crippen molar-refractivity contribution in [2.45, 2.75) is 265 Å². The Balaban J connectivity index is -0.00000106. The third kappa shape index (κ3) is 50.5. The van der Waals surface area contributed by atoms with Gasteiger partial charge in [-0.05, 0) is 97.6 Å². The highest BCUT2D eigenvalue weighted by Crippen LogP contribution is 2.18. The Morgan fingerprint density at radius 2 is 0.724 bits per heavy atom. The highest BCUT2D eigenvalue weighted by molar-refractivity contribution is 5.74. The van der Waals surface area contributed by atoms with E-state index in [-0.39, 0.29) is 13.3 Å². The number of allylic oxidation sites excluding steroid dienone is 8. The first-order valence-electron chi connectivity index (χ1n) is 25.0. The molecule has 0 heterocycles. The van der Waals surface area contributed by atoms with Crippen LogP contribution in [0.25, 0.3) is 0 Å². The van der Waals surface area contributed by atoms with Gasteiger partial charge in [-0.3, -0.25) is 9.63 Å². The van der Waals surface area contributed by atoms with E-state index in [1.54, 1.807) is 7.05 Å². The van der Waals surface area contributed by atoms with Gasteiger partial charge in [0.15, 0.2) is 0 Å². The number of carbonyl (C=O) groups is 1. The largest absolute Gasteiger partial charge is 0.306 e. The van der Waals surface area contributed by atoms with E-state index in [4.69, 9.17) is 4.84 Å². The summed E-state index contributed by atoms with van der Waals surface area (Å²) in [5.74, 6) is 0.0742. The predicted octanol–water partition coefficient (Wildman–Crippen LogP) is 17.9. The van der Waals surface area contributed by atoms with Crippen LogP contribution in [-0.4, -0.2) is 50.2 Å². The predicted molar refractivity (Wildman–Crippen MR) is 264 cm³/mol. The smallest absolute Gasteiger partial charge is 0.245 e. The maximum atomic E-state index is 11.5. The van der Waals surface area contributed by atoms with E-state index in [1.165, 1.54) is 211 Å². The highest BCUT2D eigenvalue weighted by Gasteiger charge is 2.10. The third-order valence-corrected chi connectivity index (χ3v) is 11.3. The van der Waals surface area contributed by atoms with Crippen molar-refractivity contribution in [3.63, 3.8) is 0 Å². The first kappa shape index (κ1) is 60.7. The summed E-state index contributed by atoms with van der Waals surface area (Å²) in [4.78, 5) is 18.9. The number of unbranched alkanes of at least 4 members (excludes halogenated alkanes) is 26. The van der Waals surface area contributed by atoms with Crippen molar-refractivity contribution in [2.75, 3.05) is 28.3 Å². The average molecular weight is 815 g/mol. The number of nitrogens with zero attached hydrogens (tertiary/aromatic N) is 2. The molecule has 0 fully saturated rings. The minimum absolute atomic E-state index is 0. The van der Waals surface area contributed by atoms with Crippen molar-refractivity contribution < 1.29 is 9.63 Å². The molecule has 0 aromatic heterocycles. The zero-order valence-electron chi connectivity index (χ0n) is 39.9. The van der Waals surface area contributed by atoms with E-state index >= 15 is 0 Å². The number of hydrogen-bond donors (Lipinski definition) is 0. The Kier molecular flexibility index (Phi) is 55.8. The molecular weight excluding hydrogens is 709 g/mol.